The van der Waals surface area contributed by atoms with Gasteiger partial charge in [0.2, 0.25) is 5.88 Å². The van der Waals surface area contributed by atoms with Crippen molar-refractivity contribution in [1.29, 1.82) is 0 Å². The fourth-order valence-corrected chi connectivity index (χ4v) is 4.42. The highest BCUT2D eigenvalue weighted by Gasteiger charge is 2.30. The van der Waals surface area contributed by atoms with E-state index in [2.05, 4.69) is 45.9 Å². The molecule has 4 rings (SSSR count). The van der Waals surface area contributed by atoms with Gasteiger partial charge in [-0.05, 0) is 60.6 Å². The number of benzene rings is 1. The van der Waals surface area contributed by atoms with Crippen LogP contribution in [0.3, 0.4) is 0 Å². The number of phenolic OH excluding ortho intramolecular Hbond substituents is 1. The number of rotatable bonds is 8. The SMILES string of the molecule is C=C(c1ncc(-c2ccc(-c3ccnc(OC)c3)cc2O)nn1)[C@@H](CF)CC1CC(C)C(C)N1. The fraction of sp³-hybridized carbons (Fsp3) is 0.385. The van der Waals surface area contributed by atoms with Gasteiger partial charge in [-0.2, -0.15) is 0 Å². The molecule has 3 heterocycles. The summed E-state index contributed by atoms with van der Waals surface area (Å²) in [6.45, 7) is 7.90. The first kappa shape index (κ1) is 23.8. The van der Waals surface area contributed by atoms with Crippen molar-refractivity contribution >= 4 is 5.57 Å². The van der Waals surface area contributed by atoms with Gasteiger partial charge in [0.25, 0.3) is 0 Å². The average Bonchev–Trinajstić information content (AvgIpc) is 3.18. The van der Waals surface area contributed by atoms with Crippen LogP contribution in [0.25, 0.3) is 28.0 Å². The predicted molar refractivity (Wildman–Crippen MR) is 130 cm³/mol. The Balaban J connectivity index is 1.49. The summed E-state index contributed by atoms with van der Waals surface area (Å²) >= 11 is 0. The third kappa shape index (κ3) is 5.07. The van der Waals surface area contributed by atoms with Gasteiger partial charge in [-0.1, -0.05) is 19.6 Å². The van der Waals surface area contributed by atoms with Crippen molar-refractivity contribution in [3.05, 3.63) is 55.1 Å². The molecule has 2 N–H and O–H groups in total. The summed E-state index contributed by atoms with van der Waals surface area (Å²) in [6.07, 6.45) is 4.85. The molecule has 8 heteroatoms. The zero-order valence-corrected chi connectivity index (χ0v) is 19.7. The Labute approximate surface area is 199 Å². The Kier molecular flexibility index (Phi) is 7.17. The molecular formula is C26H30FN5O2. The zero-order valence-electron chi connectivity index (χ0n) is 19.7. The normalized spacial score (nSPS) is 20.8. The molecule has 0 aliphatic carbocycles. The standard InChI is InChI=1S/C26H30FN5O2/c1-15-9-21(30-17(15)3)10-20(13-27)16(2)26-29-14-23(31-32-26)22-6-5-18(11-24(22)33)19-7-8-28-25(12-19)34-4/h5-8,11-12,14-15,17,20-21,30,33H,2,9-10,13H2,1,3-4H3/t15?,17?,20-,21?/m1/s1. The molecule has 1 aliphatic rings. The quantitative estimate of drug-likeness (QED) is 0.501. The van der Waals surface area contributed by atoms with Gasteiger partial charge in [0.1, 0.15) is 11.4 Å². The Morgan fingerprint density at radius 2 is 2.00 bits per heavy atom. The number of nitrogens with zero attached hydrogens (tertiary/aromatic N) is 4. The summed E-state index contributed by atoms with van der Waals surface area (Å²) in [5, 5.41) is 22.6. The second-order valence-electron chi connectivity index (χ2n) is 8.96. The minimum Gasteiger partial charge on any atom is -0.507 e. The van der Waals surface area contributed by atoms with Crippen LogP contribution in [0.15, 0.2) is 49.3 Å². The Morgan fingerprint density at radius 3 is 2.62 bits per heavy atom. The lowest BCUT2D eigenvalue weighted by atomic mass is 9.91. The van der Waals surface area contributed by atoms with E-state index in [4.69, 9.17) is 4.74 Å². The first-order valence-corrected chi connectivity index (χ1v) is 11.4. The summed E-state index contributed by atoms with van der Waals surface area (Å²) in [4.78, 5) is 8.48. The molecule has 0 spiro atoms. The Hall–Kier alpha value is -3.39. The maximum atomic E-state index is 13.9. The molecular weight excluding hydrogens is 433 g/mol. The van der Waals surface area contributed by atoms with Crippen LogP contribution in [0.5, 0.6) is 11.6 Å². The number of pyridine rings is 1. The number of ether oxygens (including phenoxy) is 1. The lowest BCUT2D eigenvalue weighted by molar-refractivity contribution is 0.366. The van der Waals surface area contributed by atoms with Crippen LogP contribution < -0.4 is 10.1 Å². The third-order valence-electron chi connectivity index (χ3n) is 6.66. The lowest BCUT2D eigenvalue weighted by Crippen LogP contribution is -2.30. The second kappa shape index (κ2) is 10.3. The van der Waals surface area contributed by atoms with Crippen molar-refractivity contribution < 1.29 is 14.2 Å². The molecule has 1 aliphatic heterocycles. The first-order chi connectivity index (χ1) is 16.4. The van der Waals surface area contributed by atoms with E-state index in [0.29, 0.717) is 46.9 Å². The number of aromatic nitrogens is 4. The molecule has 0 saturated carbocycles. The van der Waals surface area contributed by atoms with E-state index in [1.165, 1.54) is 6.20 Å². The van der Waals surface area contributed by atoms with Gasteiger partial charge in [-0.3, -0.25) is 4.39 Å². The zero-order chi connectivity index (χ0) is 24.2. The third-order valence-corrected chi connectivity index (χ3v) is 6.66. The largest absolute Gasteiger partial charge is 0.507 e. The molecule has 3 unspecified atom stereocenters. The van der Waals surface area contributed by atoms with Gasteiger partial charge in [0.15, 0.2) is 5.82 Å². The maximum absolute atomic E-state index is 13.9. The van der Waals surface area contributed by atoms with Crippen LogP contribution in [0, 0.1) is 11.8 Å². The fourth-order valence-electron chi connectivity index (χ4n) is 4.42. The molecule has 3 aromatic rings. The molecule has 1 aromatic carbocycles. The molecule has 0 bridgehead atoms. The average molecular weight is 464 g/mol. The number of alkyl halides is 1. The first-order valence-electron chi connectivity index (χ1n) is 11.4. The minimum atomic E-state index is -0.521. The summed E-state index contributed by atoms with van der Waals surface area (Å²) in [6, 6.07) is 9.59. The van der Waals surface area contributed by atoms with Crippen LogP contribution >= 0.6 is 0 Å². The molecule has 4 atom stereocenters. The number of allylic oxidation sites excluding steroid dienone is 1. The van der Waals surface area contributed by atoms with Crippen molar-refractivity contribution in [3.8, 4) is 34.0 Å². The number of nitrogens with one attached hydrogen (secondary N) is 1. The smallest absolute Gasteiger partial charge is 0.213 e. The van der Waals surface area contributed by atoms with Crippen LogP contribution in [-0.4, -0.2) is 51.1 Å². The van der Waals surface area contributed by atoms with Gasteiger partial charge in [0, 0.05) is 35.8 Å². The van der Waals surface area contributed by atoms with E-state index in [1.807, 2.05) is 12.1 Å². The van der Waals surface area contributed by atoms with Crippen LogP contribution in [0.1, 0.15) is 32.5 Å². The molecule has 0 amide bonds. The van der Waals surface area contributed by atoms with Crippen molar-refractivity contribution in [2.24, 2.45) is 11.8 Å². The predicted octanol–water partition coefficient (Wildman–Crippen LogP) is 4.69. The molecule has 34 heavy (non-hydrogen) atoms. The van der Waals surface area contributed by atoms with Gasteiger partial charge in [0.05, 0.1) is 20.0 Å². The summed E-state index contributed by atoms with van der Waals surface area (Å²) in [5.74, 6) is 1.06. The number of halogens is 1. The molecule has 0 radical (unpaired) electrons. The van der Waals surface area contributed by atoms with Crippen molar-refractivity contribution in [2.45, 2.75) is 38.8 Å². The summed E-state index contributed by atoms with van der Waals surface area (Å²) in [7, 11) is 1.55. The lowest BCUT2D eigenvalue weighted by Gasteiger charge is -2.20. The van der Waals surface area contributed by atoms with Crippen molar-refractivity contribution in [2.75, 3.05) is 13.8 Å². The Morgan fingerprint density at radius 1 is 1.21 bits per heavy atom. The number of methoxy groups -OCH3 is 1. The topological polar surface area (TPSA) is 93.1 Å². The number of hydrogen-bond donors (Lipinski definition) is 2. The highest BCUT2D eigenvalue weighted by molar-refractivity contribution is 5.74. The van der Waals surface area contributed by atoms with E-state index >= 15 is 0 Å². The minimum absolute atomic E-state index is 0.0492. The van der Waals surface area contributed by atoms with Crippen molar-refractivity contribution in [3.63, 3.8) is 0 Å². The van der Waals surface area contributed by atoms with E-state index in [0.717, 1.165) is 17.5 Å². The molecule has 1 saturated heterocycles. The van der Waals surface area contributed by atoms with Crippen LogP contribution in [0.4, 0.5) is 4.39 Å². The number of aromatic hydroxyl groups is 1. The number of hydrogen-bond acceptors (Lipinski definition) is 7. The van der Waals surface area contributed by atoms with E-state index in [-0.39, 0.29) is 17.7 Å². The monoisotopic (exact) mass is 463 g/mol. The van der Waals surface area contributed by atoms with E-state index in [1.54, 1.807) is 31.5 Å². The van der Waals surface area contributed by atoms with Crippen LogP contribution in [-0.2, 0) is 0 Å². The molecule has 7 nitrogen and oxygen atoms in total. The number of phenols is 1. The molecule has 2 aromatic heterocycles. The van der Waals surface area contributed by atoms with Gasteiger partial charge >= 0.3 is 0 Å². The second-order valence-corrected chi connectivity index (χ2v) is 8.96. The highest BCUT2D eigenvalue weighted by Crippen LogP contribution is 2.34. The maximum Gasteiger partial charge on any atom is 0.213 e. The molecule has 178 valence electrons. The van der Waals surface area contributed by atoms with Gasteiger partial charge in [-0.25, -0.2) is 9.97 Å². The summed E-state index contributed by atoms with van der Waals surface area (Å²) in [5.41, 5.74) is 3.14. The molecule has 1 fully saturated rings. The van der Waals surface area contributed by atoms with Crippen molar-refractivity contribution in [1.82, 2.24) is 25.5 Å². The van der Waals surface area contributed by atoms with Gasteiger partial charge < -0.3 is 15.2 Å². The van der Waals surface area contributed by atoms with Crippen LogP contribution in [0.2, 0.25) is 0 Å². The van der Waals surface area contributed by atoms with E-state index < -0.39 is 6.67 Å². The van der Waals surface area contributed by atoms with E-state index in [9.17, 15) is 9.50 Å². The highest BCUT2D eigenvalue weighted by atomic mass is 19.1. The Bertz CT molecular complexity index is 1140. The summed E-state index contributed by atoms with van der Waals surface area (Å²) < 4.78 is 19.0. The van der Waals surface area contributed by atoms with Gasteiger partial charge in [-0.15, -0.1) is 10.2 Å².